The van der Waals surface area contributed by atoms with Crippen LogP contribution in [0.1, 0.15) is 76.1 Å². The summed E-state index contributed by atoms with van der Waals surface area (Å²) in [4.78, 5) is 36.9. The minimum Gasteiger partial charge on any atom is -0.487 e. The molecule has 2 N–H and O–H groups in total. The fraction of sp³-hybridized carbons (Fsp3) is 0.455. The van der Waals surface area contributed by atoms with Gasteiger partial charge in [-0.1, -0.05) is 44.9 Å². The van der Waals surface area contributed by atoms with E-state index in [9.17, 15) is 23.3 Å². The molecule has 2 saturated heterocycles. The summed E-state index contributed by atoms with van der Waals surface area (Å²) in [6, 6.07) is 12.0. The number of rotatable bonds is 15. The van der Waals surface area contributed by atoms with E-state index in [1.54, 1.807) is 30.5 Å². The number of nitrogens with one attached hydrogen (secondary N) is 2. The number of carbonyl (C=O) groups is 1. The van der Waals surface area contributed by atoms with Gasteiger partial charge in [-0.15, -0.1) is 0 Å². The number of aromatic nitrogens is 2. The summed E-state index contributed by atoms with van der Waals surface area (Å²) in [5.41, 5.74) is 5.44. The molecular weight excluding hydrogens is 773 g/mol. The van der Waals surface area contributed by atoms with E-state index in [4.69, 9.17) is 14.2 Å². The third-order valence-electron chi connectivity index (χ3n) is 11.6. The van der Waals surface area contributed by atoms with E-state index in [0.29, 0.717) is 24.6 Å². The van der Waals surface area contributed by atoms with Gasteiger partial charge in [-0.05, 0) is 91.8 Å². The van der Waals surface area contributed by atoms with E-state index < -0.39 is 31.4 Å². The number of allylic oxidation sites excluding steroid dienone is 2. The fourth-order valence-corrected chi connectivity index (χ4v) is 9.12. The summed E-state index contributed by atoms with van der Waals surface area (Å²) in [6.45, 7) is 16.9. The molecule has 0 atom stereocenters. The highest BCUT2D eigenvalue weighted by Crippen LogP contribution is 2.42. The number of nitrogens with zero attached hydrogens (tertiary/aromatic N) is 4. The van der Waals surface area contributed by atoms with Crippen molar-refractivity contribution in [1.82, 2.24) is 19.6 Å². The Hall–Kier alpha value is -5.25. The number of nitro benzene ring substituents is 1. The van der Waals surface area contributed by atoms with E-state index in [2.05, 4.69) is 51.8 Å². The molecule has 14 nitrogen and oxygen atoms in total. The third-order valence-corrected chi connectivity index (χ3v) is 12.9. The molecule has 7 rings (SSSR count). The third kappa shape index (κ3) is 10.1. The number of fused-ring (bicyclic) bond motifs is 1. The number of ether oxygens (including phenoxy) is 3. The molecule has 2 aromatic carbocycles. The molecule has 2 fully saturated rings. The Morgan fingerprint density at radius 1 is 1.08 bits per heavy atom. The van der Waals surface area contributed by atoms with Gasteiger partial charge < -0.3 is 24.1 Å². The second kappa shape index (κ2) is 17.9. The molecule has 0 bridgehead atoms. The minimum atomic E-state index is -4.57. The topological polar surface area (TPSA) is 169 Å². The number of carbonyl (C=O) groups excluding carboxylic acids is 1. The Kier molecular flexibility index (Phi) is 12.7. The summed E-state index contributed by atoms with van der Waals surface area (Å²) in [5.74, 6) is -0.358. The highest BCUT2D eigenvalue weighted by atomic mass is 32.2. The second-order valence-corrected chi connectivity index (χ2v) is 18.3. The monoisotopic (exact) mass is 826 g/mol. The van der Waals surface area contributed by atoms with Crippen molar-refractivity contribution in [3.8, 4) is 17.2 Å². The Morgan fingerprint density at radius 2 is 1.86 bits per heavy atom. The van der Waals surface area contributed by atoms with Crippen LogP contribution in [0.4, 0.5) is 11.4 Å². The quantitative estimate of drug-likeness (QED) is 0.0876. The van der Waals surface area contributed by atoms with Gasteiger partial charge in [0.2, 0.25) is 0 Å². The predicted molar refractivity (Wildman–Crippen MR) is 227 cm³/mol. The van der Waals surface area contributed by atoms with E-state index in [1.165, 1.54) is 41.5 Å². The zero-order valence-corrected chi connectivity index (χ0v) is 34.9. The second-order valence-electron chi connectivity index (χ2n) is 16.6. The van der Waals surface area contributed by atoms with Crippen molar-refractivity contribution in [3.05, 3.63) is 99.9 Å². The standard InChI is InChI=1S/C44H54N6O8S/c1-5-6-30(2)38-26-44(3,4)15-11-33(38)28-48-17-19-49(20-18-48)34-7-9-37(41(24-34)58-35-23-32-12-16-45-42(32)46-27-35)43(51)47-59(54,55)36-8-10-40(39(25-36)50(52)53)57-29-31-13-21-56-22-14-31/h7-10,12,16,23-25,27,31H,2,5-6,11,13-15,17-22,26,28-29H2,1,3-4H3,(H,45,46)(H,47,51). The van der Waals surface area contributed by atoms with Crippen molar-refractivity contribution in [3.63, 3.8) is 0 Å². The van der Waals surface area contributed by atoms with Crippen LogP contribution >= 0.6 is 0 Å². The largest absolute Gasteiger partial charge is 0.487 e. The van der Waals surface area contributed by atoms with Gasteiger partial charge >= 0.3 is 5.69 Å². The van der Waals surface area contributed by atoms with Crippen molar-refractivity contribution >= 4 is 38.3 Å². The SMILES string of the molecule is C=C(CCC)C1=C(CN2CCN(c3ccc(C(=O)NS(=O)(=O)c4ccc(OCC5CCOCC5)c([N+](=O)[O-])c4)c(Oc4cnc5[nH]ccc5c4)c3)CC2)CCC(C)(C)C1. The number of anilines is 1. The Labute approximate surface area is 345 Å². The maximum absolute atomic E-state index is 13.9. The number of sulfonamides is 1. The molecule has 2 aromatic heterocycles. The number of H-pyrrole nitrogens is 1. The van der Waals surface area contributed by atoms with Gasteiger partial charge in [0.25, 0.3) is 15.9 Å². The lowest BCUT2D eigenvalue weighted by molar-refractivity contribution is -0.386. The van der Waals surface area contributed by atoms with E-state index in [0.717, 1.165) is 88.4 Å². The molecule has 0 unspecified atom stereocenters. The lowest BCUT2D eigenvalue weighted by Crippen LogP contribution is -2.47. The molecule has 1 aliphatic carbocycles. The number of piperazine rings is 1. The van der Waals surface area contributed by atoms with Crippen LogP contribution in [0.5, 0.6) is 17.2 Å². The summed E-state index contributed by atoms with van der Waals surface area (Å²) < 4.78 is 46.8. The van der Waals surface area contributed by atoms with Crippen LogP contribution in [-0.4, -0.2) is 86.7 Å². The van der Waals surface area contributed by atoms with Crippen LogP contribution in [0.25, 0.3) is 11.0 Å². The number of aromatic amines is 1. The molecule has 4 aromatic rings. The average molecular weight is 827 g/mol. The first-order chi connectivity index (χ1) is 28.3. The maximum Gasteiger partial charge on any atom is 0.312 e. The van der Waals surface area contributed by atoms with Crippen LogP contribution in [-0.2, 0) is 14.8 Å². The average Bonchev–Trinajstić information content (AvgIpc) is 3.69. The van der Waals surface area contributed by atoms with Gasteiger partial charge in [0.05, 0.1) is 28.2 Å². The van der Waals surface area contributed by atoms with E-state index in [1.807, 2.05) is 6.07 Å². The van der Waals surface area contributed by atoms with Gasteiger partial charge in [0.15, 0.2) is 5.75 Å². The zero-order chi connectivity index (χ0) is 41.7. The molecule has 1 amide bonds. The number of pyridine rings is 1. The summed E-state index contributed by atoms with van der Waals surface area (Å²) in [5, 5.41) is 12.8. The highest BCUT2D eigenvalue weighted by molar-refractivity contribution is 7.90. The number of nitro groups is 1. The van der Waals surface area contributed by atoms with Crippen molar-refractivity contribution in [2.45, 2.75) is 70.6 Å². The minimum absolute atomic E-state index is 0.0389. The van der Waals surface area contributed by atoms with Crippen LogP contribution in [0.3, 0.4) is 0 Å². The maximum atomic E-state index is 13.9. The van der Waals surface area contributed by atoms with Crippen LogP contribution in [0.2, 0.25) is 0 Å². The molecule has 2 aliphatic heterocycles. The Morgan fingerprint density at radius 3 is 2.61 bits per heavy atom. The van der Waals surface area contributed by atoms with E-state index in [-0.39, 0.29) is 35.0 Å². The number of hydrogen-bond acceptors (Lipinski definition) is 11. The summed E-state index contributed by atoms with van der Waals surface area (Å²) in [7, 11) is -4.57. The molecule has 4 heterocycles. The van der Waals surface area contributed by atoms with Crippen LogP contribution in [0, 0.1) is 21.4 Å². The normalized spacial score (nSPS) is 17.8. The van der Waals surface area contributed by atoms with Gasteiger partial charge in [0, 0.05) is 75.3 Å². The first-order valence-corrected chi connectivity index (χ1v) is 21.9. The molecule has 314 valence electrons. The molecule has 59 heavy (non-hydrogen) atoms. The molecule has 3 aliphatic rings. The highest BCUT2D eigenvalue weighted by Gasteiger charge is 2.31. The van der Waals surface area contributed by atoms with E-state index >= 15 is 0 Å². The Balaban J connectivity index is 1.09. The van der Waals surface area contributed by atoms with Crippen LogP contribution in [0.15, 0.2) is 89.1 Å². The van der Waals surface area contributed by atoms with Gasteiger partial charge in [-0.2, -0.15) is 0 Å². The number of benzene rings is 2. The van der Waals surface area contributed by atoms with Crippen molar-refractivity contribution in [1.29, 1.82) is 0 Å². The van der Waals surface area contributed by atoms with Gasteiger partial charge in [-0.25, -0.2) is 18.1 Å². The molecule has 0 saturated carbocycles. The Bertz CT molecular complexity index is 2340. The molecule has 0 spiro atoms. The lowest BCUT2D eigenvalue weighted by Gasteiger charge is -2.39. The fourth-order valence-electron chi connectivity index (χ4n) is 8.14. The predicted octanol–water partition coefficient (Wildman–Crippen LogP) is 8.17. The van der Waals surface area contributed by atoms with Gasteiger partial charge in [-0.3, -0.25) is 19.8 Å². The van der Waals surface area contributed by atoms with Crippen molar-refractivity contribution < 1.29 is 32.3 Å². The summed E-state index contributed by atoms with van der Waals surface area (Å²) in [6.07, 6.45) is 10.2. The molecular formula is C44H54N6O8S. The van der Waals surface area contributed by atoms with Crippen molar-refractivity contribution in [2.24, 2.45) is 11.3 Å². The summed E-state index contributed by atoms with van der Waals surface area (Å²) >= 11 is 0. The lowest BCUT2D eigenvalue weighted by atomic mass is 9.72. The number of hydrogen-bond donors (Lipinski definition) is 2. The first-order valence-electron chi connectivity index (χ1n) is 20.5. The number of amides is 1. The zero-order valence-electron chi connectivity index (χ0n) is 34.1. The smallest absolute Gasteiger partial charge is 0.312 e. The molecule has 0 radical (unpaired) electrons. The molecule has 15 heteroatoms. The first kappa shape index (κ1) is 41.9. The van der Waals surface area contributed by atoms with Crippen molar-refractivity contribution in [2.75, 3.05) is 57.4 Å². The van der Waals surface area contributed by atoms with Crippen LogP contribution < -0.4 is 19.1 Å². The van der Waals surface area contributed by atoms with Gasteiger partial charge in [0.1, 0.15) is 17.1 Å².